The first-order chi connectivity index (χ1) is 15.0. The first kappa shape index (κ1) is 21.8. The van der Waals surface area contributed by atoms with Crippen LogP contribution in [0.25, 0.3) is 0 Å². The summed E-state index contributed by atoms with van der Waals surface area (Å²) < 4.78 is 13.1. The molecule has 4 rings (SSSR count). The SMILES string of the molecule is CC(C)NC(=O)Cc1ccc2c(c1)N(C1CCN(CCc3ccc(F)cc3)CC1)CC2. The van der Waals surface area contributed by atoms with Crippen LogP contribution >= 0.6 is 0 Å². The predicted molar refractivity (Wildman–Crippen MR) is 124 cm³/mol. The number of piperidine rings is 1. The molecule has 1 N–H and O–H groups in total. The second-order valence-corrected chi connectivity index (χ2v) is 9.25. The highest BCUT2D eigenvalue weighted by atomic mass is 19.1. The molecule has 0 aromatic heterocycles. The third kappa shape index (κ3) is 5.65. The summed E-state index contributed by atoms with van der Waals surface area (Å²) in [7, 11) is 0. The Labute approximate surface area is 185 Å². The predicted octanol–water partition coefficient (Wildman–Crippen LogP) is 3.96. The zero-order chi connectivity index (χ0) is 21.8. The average Bonchev–Trinajstić information content (AvgIpc) is 3.16. The van der Waals surface area contributed by atoms with Crippen molar-refractivity contribution in [2.75, 3.05) is 31.1 Å². The van der Waals surface area contributed by atoms with Crippen molar-refractivity contribution in [2.45, 2.75) is 58.0 Å². The van der Waals surface area contributed by atoms with Gasteiger partial charge in [-0.05, 0) is 74.4 Å². The van der Waals surface area contributed by atoms with Crippen molar-refractivity contribution in [3.63, 3.8) is 0 Å². The fraction of sp³-hybridized carbons (Fsp3) is 0.500. The van der Waals surface area contributed by atoms with E-state index in [1.165, 1.54) is 29.7 Å². The molecule has 0 unspecified atom stereocenters. The van der Waals surface area contributed by atoms with E-state index in [9.17, 15) is 9.18 Å². The Morgan fingerprint density at radius 3 is 2.48 bits per heavy atom. The van der Waals surface area contributed by atoms with Crippen LogP contribution in [0.2, 0.25) is 0 Å². The number of carbonyl (C=O) groups excluding carboxylic acids is 1. The normalized spacial score (nSPS) is 17.2. The number of anilines is 1. The Bertz CT molecular complexity index is 888. The molecule has 1 fully saturated rings. The number of likely N-dealkylation sites (tertiary alicyclic amines) is 1. The number of nitrogens with one attached hydrogen (secondary N) is 1. The molecule has 0 bridgehead atoms. The van der Waals surface area contributed by atoms with Crippen molar-refractivity contribution in [1.29, 1.82) is 0 Å². The summed E-state index contributed by atoms with van der Waals surface area (Å²) in [6.07, 6.45) is 4.85. The molecule has 2 aromatic rings. The van der Waals surface area contributed by atoms with Crippen molar-refractivity contribution in [3.8, 4) is 0 Å². The van der Waals surface area contributed by atoms with Gasteiger partial charge in [-0.15, -0.1) is 0 Å². The Morgan fingerprint density at radius 2 is 1.77 bits per heavy atom. The third-order valence-electron chi connectivity index (χ3n) is 6.52. The van der Waals surface area contributed by atoms with E-state index >= 15 is 0 Å². The molecule has 5 heteroatoms. The van der Waals surface area contributed by atoms with Gasteiger partial charge in [-0.2, -0.15) is 0 Å². The summed E-state index contributed by atoms with van der Waals surface area (Å²) in [5.74, 6) is -0.0758. The summed E-state index contributed by atoms with van der Waals surface area (Å²) in [6, 6.07) is 14.2. The summed E-state index contributed by atoms with van der Waals surface area (Å²) in [4.78, 5) is 17.3. The lowest BCUT2D eigenvalue weighted by molar-refractivity contribution is -0.120. The monoisotopic (exact) mass is 423 g/mol. The van der Waals surface area contributed by atoms with Crippen LogP contribution < -0.4 is 10.2 Å². The summed E-state index contributed by atoms with van der Waals surface area (Å²) in [5, 5.41) is 2.99. The van der Waals surface area contributed by atoms with Gasteiger partial charge in [0.15, 0.2) is 0 Å². The van der Waals surface area contributed by atoms with E-state index in [0.29, 0.717) is 12.5 Å². The molecule has 2 aliphatic heterocycles. The molecule has 2 aromatic carbocycles. The van der Waals surface area contributed by atoms with Gasteiger partial charge in [0.2, 0.25) is 5.91 Å². The molecule has 1 saturated heterocycles. The van der Waals surface area contributed by atoms with E-state index in [4.69, 9.17) is 0 Å². The van der Waals surface area contributed by atoms with E-state index in [2.05, 4.69) is 33.3 Å². The van der Waals surface area contributed by atoms with Gasteiger partial charge >= 0.3 is 0 Å². The number of hydrogen-bond acceptors (Lipinski definition) is 3. The number of benzene rings is 2. The van der Waals surface area contributed by atoms with E-state index in [1.54, 1.807) is 12.1 Å². The molecule has 2 aliphatic rings. The maximum Gasteiger partial charge on any atom is 0.224 e. The van der Waals surface area contributed by atoms with E-state index in [-0.39, 0.29) is 17.8 Å². The Morgan fingerprint density at radius 1 is 1.06 bits per heavy atom. The van der Waals surface area contributed by atoms with E-state index < -0.39 is 0 Å². The largest absolute Gasteiger partial charge is 0.368 e. The molecule has 0 saturated carbocycles. The lowest BCUT2D eigenvalue weighted by Crippen LogP contribution is -2.45. The van der Waals surface area contributed by atoms with Crippen molar-refractivity contribution >= 4 is 11.6 Å². The second-order valence-electron chi connectivity index (χ2n) is 9.25. The summed E-state index contributed by atoms with van der Waals surface area (Å²) >= 11 is 0. The van der Waals surface area contributed by atoms with Gasteiger partial charge in [0, 0.05) is 44.0 Å². The van der Waals surface area contributed by atoms with E-state index in [1.807, 2.05) is 26.0 Å². The number of halogens is 1. The minimum Gasteiger partial charge on any atom is -0.368 e. The van der Waals surface area contributed by atoms with E-state index in [0.717, 1.165) is 44.6 Å². The fourth-order valence-electron chi connectivity index (χ4n) is 4.89. The molecule has 0 spiro atoms. The maximum absolute atomic E-state index is 13.1. The van der Waals surface area contributed by atoms with Crippen LogP contribution in [0.3, 0.4) is 0 Å². The first-order valence-corrected chi connectivity index (χ1v) is 11.6. The Kier molecular flexibility index (Phi) is 6.91. The van der Waals surface area contributed by atoms with Gasteiger partial charge in [0.25, 0.3) is 0 Å². The number of carbonyl (C=O) groups is 1. The highest BCUT2D eigenvalue weighted by Crippen LogP contribution is 2.33. The number of nitrogens with zero attached hydrogens (tertiary/aromatic N) is 2. The van der Waals surface area contributed by atoms with Crippen LogP contribution in [0.15, 0.2) is 42.5 Å². The van der Waals surface area contributed by atoms with Gasteiger partial charge in [0.1, 0.15) is 5.82 Å². The lowest BCUT2D eigenvalue weighted by atomic mass is 10.0. The first-order valence-electron chi connectivity index (χ1n) is 11.6. The number of fused-ring (bicyclic) bond motifs is 1. The van der Waals surface area contributed by atoms with Gasteiger partial charge < -0.3 is 15.1 Å². The minimum atomic E-state index is -0.167. The van der Waals surface area contributed by atoms with Gasteiger partial charge in [-0.1, -0.05) is 24.3 Å². The number of rotatable bonds is 7. The molecule has 0 radical (unpaired) electrons. The third-order valence-corrected chi connectivity index (χ3v) is 6.52. The topological polar surface area (TPSA) is 35.6 Å². The molecule has 4 nitrogen and oxygen atoms in total. The highest BCUT2D eigenvalue weighted by Gasteiger charge is 2.29. The van der Waals surface area contributed by atoms with Crippen molar-refractivity contribution < 1.29 is 9.18 Å². The average molecular weight is 424 g/mol. The zero-order valence-electron chi connectivity index (χ0n) is 18.7. The van der Waals surface area contributed by atoms with Crippen LogP contribution in [0, 0.1) is 5.82 Å². The molecule has 1 amide bonds. The number of hydrogen-bond donors (Lipinski definition) is 1. The van der Waals surface area contributed by atoms with Crippen LogP contribution in [-0.4, -0.2) is 49.1 Å². The summed E-state index contributed by atoms with van der Waals surface area (Å²) in [5.41, 5.74) is 5.04. The van der Waals surface area contributed by atoms with Crippen LogP contribution in [0.4, 0.5) is 10.1 Å². The zero-order valence-corrected chi connectivity index (χ0v) is 18.7. The quantitative estimate of drug-likeness (QED) is 0.732. The van der Waals surface area contributed by atoms with Crippen LogP contribution in [0.5, 0.6) is 0 Å². The smallest absolute Gasteiger partial charge is 0.224 e. The second kappa shape index (κ2) is 9.82. The molecular formula is C26H34FN3O. The highest BCUT2D eigenvalue weighted by molar-refractivity contribution is 5.79. The lowest BCUT2D eigenvalue weighted by Gasteiger charge is -2.38. The molecule has 0 aliphatic carbocycles. The van der Waals surface area contributed by atoms with Gasteiger partial charge in [-0.3, -0.25) is 4.79 Å². The van der Waals surface area contributed by atoms with Gasteiger partial charge in [-0.25, -0.2) is 4.39 Å². The van der Waals surface area contributed by atoms with Crippen LogP contribution in [0.1, 0.15) is 43.4 Å². The Hall–Kier alpha value is -2.40. The maximum atomic E-state index is 13.1. The van der Waals surface area contributed by atoms with Crippen molar-refractivity contribution in [3.05, 3.63) is 65.0 Å². The molecule has 31 heavy (non-hydrogen) atoms. The molecule has 0 atom stereocenters. The van der Waals surface area contributed by atoms with Crippen LogP contribution in [-0.2, 0) is 24.1 Å². The van der Waals surface area contributed by atoms with Crippen molar-refractivity contribution in [1.82, 2.24) is 10.2 Å². The Balaban J connectivity index is 1.31. The van der Waals surface area contributed by atoms with Gasteiger partial charge in [0.05, 0.1) is 6.42 Å². The number of amides is 1. The minimum absolute atomic E-state index is 0.0916. The fourth-order valence-corrected chi connectivity index (χ4v) is 4.89. The molecule has 166 valence electrons. The standard InChI is InChI=1S/C26H34FN3O/c1-19(2)28-26(31)18-21-3-6-22-10-16-30(25(22)17-21)24-11-14-29(15-12-24)13-9-20-4-7-23(27)8-5-20/h3-8,17,19,24H,9-16,18H2,1-2H3,(H,28,31). The summed E-state index contributed by atoms with van der Waals surface area (Å²) in [6.45, 7) is 8.31. The van der Waals surface area contributed by atoms with Crippen molar-refractivity contribution in [2.24, 2.45) is 0 Å². The molecular weight excluding hydrogens is 389 g/mol. The molecule has 2 heterocycles.